The fraction of sp³-hybridized carbons (Fsp3) is 0.750. The van der Waals surface area contributed by atoms with E-state index >= 15 is 0 Å². The molecule has 1 saturated heterocycles. The molecule has 162 valence electrons. The fourth-order valence-electron chi connectivity index (χ4n) is 6.32. The molecule has 4 nitrogen and oxygen atoms in total. The number of β-amino-alcohol motifs (C(OH)–C–C–N with tert-alkyl or cyclic N) is 1. The van der Waals surface area contributed by atoms with Crippen LogP contribution in [-0.4, -0.2) is 61.5 Å². The predicted octanol–water partition coefficient (Wildman–Crippen LogP) is 4.36. The molecule has 1 aromatic carbocycles. The maximum atomic E-state index is 10.7. The topological polar surface area (TPSA) is 35.9 Å². The number of ether oxygens (including phenoxy) is 1. The average molecular weight is 421 g/mol. The summed E-state index contributed by atoms with van der Waals surface area (Å²) in [6.45, 7) is 14.2. The molecule has 1 aromatic rings. The van der Waals surface area contributed by atoms with Crippen LogP contribution in [0.4, 0.5) is 5.69 Å². The van der Waals surface area contributed by atoms with Gasteiger partial charge in [-0.25, -0.2) is 0 Å². The van der Waals surface area contributed by atoms with Crippen LogP contribution in [0.1, 0.15) is 45.6 Å². The van der Waals surface area contributed by atoms with Crippen LogP contribution in [0, 0.1) is 23.7 Å². The molecule has 3 fully saturated rings. The summed E-state index contributed by atoms with van der Waals surface area (Å²) in [4.78, 5) is 4.76. The lowest BCUT2D eigenvalue weighted by Crippen LogP contribution is -2.50. The zero-order valence-electron chi connectivity index (χ0n) is 18.5. The lowest BCUT2D eigenvalue weighted by molar-refractivity contribution is -0.113. The number of nitrogens with zero attached hydrogens (tertiary/aromatic N) is 2. The van der Waals surface area contributed by atoms with Crippen LogP contribution in [0.5, 0.6) is 0 Å². The van der Waals surface area contributed by atoms with Crippen LogP contribution in [0.3, 0.4) is 0 Å². The quantitative estimate of drug-likeness (QED) is 0.741. The Morgan fingerprint density at radius 1 is 1.21 bits per heavy atom. The molecule has 4 atom stereocenters. The second-order valence-electron chi connectivity index (χ2n) is 10.5. The zero-order valence-corrected chi connectivity index (χ0v) is 19.2. The van der Waals surface area contributed by atoms with Gasteiger partial charge in [-0.2, -0.15) is 0 Å². The number of fused-ring (bicyclic) bond motifs is 2. The molecule has 0 aromatic heterocycles. The third-order valence-electron chi connectivity index (χ3n) is 7.95. The minimum Gasteiger partial charge on any atom is -0.389 e. The highest BCUT2D eigenvalue weighted by Gasteiger charge is 2.60. The molecule has 5 heteroatoms. The van der Waals surface area contributed by atoms with E-state index in [-0.39, 0.29) is 11.5 Å². The lowest BCUT2D eigenvalue weighted by Gasteiger charge is -2.43. The van der Waals surface area contributed by atoms with Crippen molar-refractivity contribution in [3.05, 3.63) is 28.8 Å². The molecule has 3 aliphatic rings. The Kier molecular flexibility index (Phi) is 5.93. The molecule has 0 amide bonds. The van der Waals surface area contributed by atoms with E-state index in [4.69, 9.17) is 16.3 Å². The first-order chi connectivity index (χ1) is 13.7. The van der Waals surface area contributed by atoms with Gasteiger partial charge in [-0.3, -0.25) is 4.90 Å². The largest absolute Gasteiger partial charge is 0.389 e. The Morgan fingerprint density at radius 3 is 2.59 bits per heavy atom. The van der Waals surface area contributed by atoms with Crippen molar-refractivity contribution in [2.75, 3.05) is 44.2 Å². The Balaban J connectivity index is 1.25. The van der Waals surface area contributed by atoms with E-state index in [0.717, 1.165) is 37.1 Å². The molecule has 1 aliphatic heterocycles. The maximum absolute atomic E-state index is 10.7. The Bertz CT molecular complexity index is 727. The van der Waals surface area contributed by atoms with Crippen molar-refractivity contribution in [3.8, 4) is 0 Å². The van der Waals surface area contributed by atoms with Crippen LogP contribution in [-0.2, 0) is 4.74 Å². The highest BCUT2D eigenvalue weighted by Crippen LogP contribution is 2.63. The van der Waals surface area contributed by atoms with Gasteiger partial charge in [0.05, 0.1) is 18.8 Å². The third kappa shape index (κ3) is 4.19. The monoisotopic (exact) mass is 420 g/mol. The summed E-state index contributed by atoms with van der Waals surface area (Å²) in [5.74, 6) is 0.776. The van der Waals surface area contributed by atoms with Crippen LogP contribution >= 0.6 is 11.6 Å². The average Bonchev–Trinajstić information content (AvgIpc) is 3.15. The summed E-state index contributed by atoms with van der Waals surface area (Å²) >= 11 is 6.19. The van der Waals surface area contributed by atoms with Crippen molar-refractivity contribution in [2.24, 2.45) is 16.7 Å². The zero-order chi connectivity index (χ0) is 20.8. The van der Waals surface area contributed by atoms with Crippen molar-refractivity contribution in [3.63, 3.8) is 0 Å². The lowest BCUT2D eigenvalue weighted by atomic mass is 9.70. The van der Waals surface area contributed by atoms with Crippen molar-refractivity contribution in [2.45, 2.75) is 59.2 Å². The Hall–Kier alpha value is -0.810. The molecule has 2 saturated carbocycles. The molecule has 1 N–H and O–H groups in total. The van der Waals surface area contributed by atoms with Gasteiger partial charge in [0.2, 0.25) is 0 Å². The van der Waals surface area contributed by atoms with Crippen molar-refractivity contribution >= 4 is 17.3 Å². The van der Waals surface area contributed by atoms with E-state index in [1.54, 1.807) is 0 Å². The van der Waals surface area contributed by atoms with Gasteiger partial charge in [-0.1, -0.05) is 38.4 Å². The van der Waals surface area contributed by atoms with Crippen LogP contribution in [0.25, 0.3) is 0 Å². The number of rotatable bonds is 6. The SMILES string of the molecule is Cc1ccc(Cl)cc1N1CCN(C[C@@H](O)CO[C@@H]2C(C)(C)[C@H]3CC[C@@]2(C)C3)CC1. The smallest absolute Gasteiger partial charge is 0.0900 e. The minimum absolute atomic E-state index is 0.229. The van der Waals surface area contributed by atoms with E-state index in [9.17, 15) is 5.11 Å². The van der Waals surface area contributed by atoms with Crippen molar-refractivity contribution in [1.29, 1.82) is 0 Å². The number of anilines is 1. The molecule has 0 radical (unpaired) electrons. The molecule has 4 rings (SSSR count). The standard InChI is InChI=1S/C24H37ClN2O2/c1-17-5-6-19(25)13-21(17)27-11-9-26(10-12-27)15-20(28)16-29-22-23(2,3)18-7-8-24(22,4)14-18/h5-6,13,18,20,22,28H,7-12,14-16H2,1-4H3/t18-,20+,22+,24-/m0/s1. The van der Waals surface area contributed by atoms with Gasteiger partial charge >= 0.3 is 0 Å². The molecule has 0 spiro atoms. The summed E-state index contributed by atoms with van der Waals surface area (Å²) in [5, 5.41) is 11.4. The number of aliphatic hydroxyl groups is 1. The maximum Gasteiger partial charge on any atom is 0.0900 e. The first-order valence-electron chi connectivity index (χ1n) is 11.2. The van der Waals surface area contributed by atoms with Gasteiger partial charge in [0.1, 0.15) is 0 Å². The number of hydrogen-bond acceptors (Lipinski definition) is 4. The number of hydrogen-bond donors (Lipinski definition) is 1. The fourth-order valence-corrected chi connectivity index (χ4v) is 6.49. The summed E-state index contributed by atoms with van der Waals surface area (Å²) in [6.07, 6.45) is 3.74. The van der Waals surface area contributed by atoms with Gasteiger partial charge in [0.15, 0.2) is 0 Å². The first kappa shape index (κ1) is 21.4. The highest BCUT2D eigenvalue weighted by molar-refractivity contribution is 6.30. The van der Waals surface area contributed by atoms with Gasteiger partial charge in [0.25, 0.3) is 0 Å². The molecule has 1 heterocycles. The first-order valence-corrected chi connectivity index (χ1v) is 11.6. The summed E-state index contributed by atoms with van der Waals surface area (Å²) in [6, 6.07) is 6.10. The Labute approximate surface area is 181 Å². The van der Waals surface area contributed by atoms with Gasteiger partial charge in [0, 0.05) is 43.4 Å². The Morgan fingerprint density at radius 2 is 1.93 bits per heavy atom. The van der Waals surface area contributed by atoms with Crippen LogP contribution in [0.15, 0.2) is 18.2 Å². The van der Waals surface area contributed by atoms with Crippen molar-refractivity contribution in [1.82, 2.24) is 4.90 Å². The molecule has 0 unspecified atom stereocenters. The number of aryl methyl sites for hydroxylation is 1. The minimum atomic E-state index is -0.423. The van der Waals surface area contributed by atoms with E-state index in [1.807, 2.05) is 6.07 Å². The summed E-state index contributed by atoms with van der Waals surface area (Å²) < 4.78 is 6.38. The number of aliphatic hydroxyl groups excluding tert-OH is 1. The van der Waals surface area contributed by atoms with E-state index in [2.05, 4.69) is 49.6 Å². The van der Waals surface area contributed by atoms with E-state index < -0.39 is 6.10 Å². The van der Waals surface area contributed by atoms with Crippen molar-refractivity contribution < 1.29 is 9.84 Å². The number of halogens is 1. The van der Waals surface area contributed by atoms with Crippen LogP contribution in [0.2, 0.25) is 5.02 Å². The van der Waals surface area contributed by atoms with E-state index in [0.29, 0.717) is 18.6 Å². The second-order valence-corrected chi connectivity index (χ2v) is 10.9. The van der Waals surface area contributed by atoms with Gasteiger partial charge < -0.3 is 14.7 Å². The summed E-state index contributed by atoms with van der Waals surface area (Å²) in [7, 11) is 0. The number of benzene rings is 1. The van der Waals surface area contributed by atoms with Gasteiger partial charge in [-0.05, 0) is 60.6 Å². The predicted molar refractivity (Wildman–Crippen MR) is 120 cm³/mol. The molecule has 2 bridgehead atoms. The molecular formula is C24H37ClN2O2. The second kappa shape index (κ2) is 8.03. The van der Waals surface area contributed by atoms with Gasteiger partial charge in [-0.15, -0.1) is 0 Å². The third-order valence-corrected chi connectivity index (χ3v) is 8.18. The molecule has 2 aliphatic carbocycles. The highest BCUT2D eigenvalue weighted by atomic mass is 35.5. The molecule has 29 heavy (non-hydrogen) atoms. The summed E-state index contributed by atoms with van der Waals surface area (Å²) in [5.41, 5.74) is 3.02. The van der Waals surface area contributed by atoms with Crippen LogP contribution < -0.4 is 4.90 Å². The van der Waals surface area contributed by atoms with E-state index in [1.165, 1.54) is 30.5 Å². The number of piperazine rings is 1. The normalized spacial score (nSPS) is 32.7. The molecular weight excluding hydrogens is 384 g/mol.